The Bertz CT molecular complexity index is 633. The quantitative estimate of drug-likeness (QED) is 0.769. The Morgan fingerprint density at radius 2 is 1.81 bits per heavy atom. The van der Waals surface area contributed by atoms with Crippen LogP contribution in [0.5, 0.6) is 5.75 Å². The number of para-hydroxylation sites is 2. The first-order valence-electron chi connectivity index (χ1n) is 5.94. The molecule has 1 aromatic carbocycles. The molecule has 0 saturated carbocycles. The first-order valence-corrected chi connectivity index (χ1v) is 5.94. The molecule has 0 aliphatic heterocycles. The van der Waals surface area contributed by atoms with E-state index in [0.717, 1.165) is 0 Å². The summed E-state index contributed by atoms with van der Waals surface area (Å²) in [5.41, 5.74) is 0.340. The maximum Gasteiger partial charge on any atom is 0.341 e. The van der Waals surface area contributed by atoms with Gasteiger partial charge in [0.25, 0.3) is 0 Å². The lowest BCUT2D eigenvalue weighted by molar-refractivity contribution is -0.139. The number of rotatable bonds is 5. The number of aliphatic carboxylic acids is 1. The summed E-state index contributed by atoms with van der Waals surface area (Å²) >= 11 is 0. The van der Waals surface area contributed by atoms with E-state index in [2.05, 4.69) is 20.6 Å². The topological polar surface area (TPSA) is 113 Å². The third kappa shape index (κ3) is 4.46. The molecule has 0 radical (unpaired) electrons. The van der Waals surface area contributed by atoms with E-state index in [9.17, 15) is 9.59 Å². The monoisotopic (exact) mass is 288 g/mol. The molecule has 8 nitrogen and oxygen atoms in total. The highest BCUT2D eigenvalue weighted by atomic mass is 16.5. The van der Waals surface area contributed by atoms with Crippen LogP contribution in [-0.2, 0) is 4.79 Å². The number of carbonyl (C=O) groups is 2. The van der Waals surface area contributed by atoms with Gasteiger partial charge in [0.2, 0.25) is 5.95 Å². The lowest BCUT2D eigenvalue weighted by Crippen LogP contribution is -2.21. The fourth-order valence-electron chi connectivity index (χ4n) is 1.45. The Hall–Kier alpha value is -3.16. The molecule has 0 aliphatic carbocycles. The van der Waals surface area contributed by atoms with Crippen molar-refractivity contribution in [3.05, 3.63) is 42.7 Å². The average Bonchev–Trinajstić information content (AvgIpc) is 2.47. The van der Waals surface area contributed by atoms with Crippen molar-refractivity contribution >= 4 is 23.6 Å². The normalized spacial score (nSPS) is 9.71. The van der Waals surface area contributed by atoms with Crippen molar-refractivity contribution in [2.24, 2.45) is 0 Å². The number of carbonyl (C=O) groups excluding carboxylic acids is 1. The summed E-state index contributed by atoms with van der Waals surface area (Å²) in [5, 5.41) is 13.6. The Kier molecular flexibility index (Phi) is 4.65. The summed E-state index contributed by atoms with van der Waals surface area (Å²) < 4.78 is 5.08. The van der Waals surface area contributed by atoms with Gasteiger partial charge in [-0.3, -0.25) is 5.32 Å². The van der Waals surface area contributed by atoms with E-state index in [1.165, 1.54) is 12.4 Å². The zero-order valence-electron chi connectivity index (χ0n) is 10.8. The average molecular weight is 288 g/mol. The molecule has 0 atom stereocenters. The summed E-state index contributed by atoms with van der Waals surface area (Å²) in [6.07, 6.45) is 2.99. The molecular formula is C13H12N4O4. The molecule has 1 aromatic heterocycles. The van der Waals surface area contributed by atoms with Crippen molar-refractivity contribution in [3.8, 4) is 5.75 Å². The van der Waals surface area contributed by atoms with Crippen molar-refractivity contribution in [3.63, 3.8) is 0 Å². The van der Waals surface area contributed by atoms with E-state index in [-0.39, 0.29) is 11.7 Å². The molecule has 3 N–H and O–H groups in total. The second kappa shape index (κ2) is 6.85. The highest BCUT2D eigenvalue weighted by Gasteiger charge is 2.09. The Labute approximate surface area is 119 Å². The highest BCUT2D eigenvalue weighted by molar-refractivity contribution is 5.99. The third-order valence-corrected chi connectivity index (χ3v) is 2.28. The Balaban J connectivity index is 2.01. The van der Waals surface area contributed by atoms with Crippen LogP contribution in [0.1, 0.15) is 0 Å². The van der Waals surface area contributed by atoms with E-state index < -0.39 is 18.6 Å². The van der Waals surface area contributed by atoms with Crippen molar-refractivity contribution in [1.29, 1.82) is 0 Å². The second-order valence-electron chi connectivity index (χ2n) is 3.83. The highest BCUT2D eigenvalue weighted by Crippen LogP contribution is 2.23. The van der Waals surface area contributed by atoms with Crippen LogP contribution in [-0.4, -0.2) is 33.7 Å². The predicted octanol–water partition coefficient (Wildman–Crippen LogP) is 1.58. The van der Waals surface area contributed by atoms with Crippen LogP contribution >= 0.6 is 0 Å². The van der Waals surface area contributed by atoms with Crippen LogP contribution in [0, 0.1) is 0 Å². The molecule has 0 aliphatic rings. The van der Waals surface area contributed by atoms with Gasteiger partial charge in [0, 0.05) is 12.4 Å². The summed E-state index contributed by atoms with van der Waals surface area (Å²) in [6.45, 7) is -0.498. The third-order valence-electron chi connectivity index (χ3n) is 2.28. The van der Waals surface area contributed by atoms with Crippen LogP contribution in [0.4, 0.5) is 16.4 Å². The summed E-state index contributed by atoms with van der Waals surface area (Å²) in [4.78, 5) is 30.0. The van der Waals surface area contributed by atoms with Crippen LogP contribution < -0.4 is 15.4 Å². The summed E-state index contributed by atoms with van der Waals surface area (Å²) in [6, 6.07) is 7.55. The minimum atomic E-state index is -1.10. The number of carboxylic acid groups (broad SMARTS) is 1. The number of aromatic nitrogens is 2. The van der Waals surface area contributed by atoms with Crippen molar-refractivity contribution in [2.75, 3.05) is 17.2 Å². The van der Waals surface area contributed by atoms with Crippen LogP contribution in [0.25, 0.3) is 0 Å². The minimum absolute atomic E-state index is 0.152. The number of anilines is 2. The van der Waals surface area contributed by atoms with Gasteiger partial charge in [0.05, 0.1) is 5.69 Å². The number of amides is 2. The van der Waals surface area contributed by atoms with E-state index in [1.807, 2.05) is 0 Å². The molecule has 8 heteroatoms. The molecule has 0 fully saturated rings. The molecule has 2 rings (SSSR count). The number of benzene rings is 1. The molecule has 21 heavy (non-hydrogen) atoms. The van der Waals surface area contributed by atoms with Gasteiger partial charge in [0.15, 0.2) is 6.61 Å². The van der Waals surface area contributed by atoms with E-state index in [0.29, 0.717) is 5.69 Å². The van der Waals surface area contributed by atoms with Crippen LogP contribution in [0.2, 0.25) is 0 Å². The van der Waals surface area contributed by atoms with Crippen LogP contribution in [0.15, 0.2) is 42.7 Å². The minimum Gasteiger partial charge on any atom is -0.480 e. The van der Waals surface area contributed by atoms with Gasteiger partial charge >= 0.3 is 12.0 Å². The number of urea groups is 1. The maximum atomic E-state index is 11.8. The number of hydrogen-bond donors (Lipinski definition) is 3. The molecule has 0 bridgehead atoms. The van der Waals surface area contributed by atoms with Crippen molar-refractivity contribution in [1.82, 2.24) is 9.97 Å². The van der Waals surface area contributed by atoms with Gasteiger partial charge in [-0.15, -0.1) is 0 Å². The fraction of sp³-hybridized carbons (Fsp3) is 0.0769. The standard InChI is InChI=1S/C13H12N4O4/c18-11(19)8-21-10-5-2-1-4-9(10)16-13(20)17-12-14-6-3-7-15-12/h1-7H,8H2,(H,18,19)(H2,14,15,16,17,20). The van der Waals surface area contributed by atoms with Gasteiger partial charge in [-0.25, -0.2) is 19.6 Å². The predicted molar refractivity (Wildman–Crippen MR) is 74.2 cm³/mol. The smallest absolute Gasteiger partial charge is 0.341 e. The van der Waals surface area contributed by atoms with Crippen molar-refractivity contribution in [2.45, 2.75) is 0 Å². The van der Waals surface area contributed by atoms with Gasteiger partial charge < -0.3 is 15.2 Å². The fourth-order valence-corrected chi connectivity index (χ4v) is 1.45. The molecule has 2 aromatic rings. The van der Waals surface area contributed by atoms with Crippen molar-refractivity contribution < 1.29 is 19.4 Å². The summed E-state index contributed by atoms with van der Waals surface area (Å²) in [5.74, 6) is -0.699. The Morgan fingerprint density at radius 3 is 2.52 bits per heavy atom. The van der Waals surface area contributed by atoms with Gasteiger partial charge in [-0.05, 0) is 18.2 Å². The molecule has 0 unspecified atom stereocenters. The van der Waals surface area contributed by atoms with E-state index in [4.69, 9.17) is 9.84 Å². The largest absolute Gasteiger partial charge is 0.480 e. The zero-order chi connectivity index (χ0) is 15.1. The second-order valence-corrected chi connectivity index (χ2v) is 3.83. The van der Waals surface area contributed by atoms with E-state index >= 15 is 0 Å². The number of nitrogens with one attached hydrogen (secondary N) is 2. The molecule has 2 amide bonds. The van der Waals surface area contributed by atoms with Gasteiger partial charge in [-0.2, -0.15) is 0 Å². The molecule has 0 saturated heterocycles. The molecular weight excluding hydrogens is 276 g/mol. The zero-order valence-corrected chi connectivity index (χ0v) is 10.8. The SMILES string of the molecule is O=C(O)COc1ccccc1NC(=O)Nc1ncccn1. The van der Waals surface area contributed by atoms with Gasteiger partial charge in [0.1, 0.15) is 5.75 Å². The summed E-state index contributed by atoms with van der Waals surface area (Å²) in [7, 11) is 0. The number of carboxylic acids is 1. The lowest BCUT2D eigenvalue weighted by Gasteiger charge is -2.11. The molecule has 108 valence electrons. The number of ether oxygens (including phenoxy) is 1. The first kappa shape index (κ1) is 14.3. The number of hydrogen-bond acceptors (Lipinski definition) is 5. The maximum absolute atomic E-state index is 11.8. The van der Waals surface area contributed by atoms with Crippen LogP contribution in [0.3, 0.4) is 0 Å². The number of nitrogens with zero attached hydrogens (tertiary/aromatic N) is 2. The van der Waals surface area contributed by atoms with Gasteiger partial charge in [-0.1, -0.05) is 12.1 Å². The molecule has 0 spiro atoms. The Morgan fingerprint density at radius 1 is 1.10 bits per heavy atom. The molecule has 1 heterocycles. The first-order chi connectivity index (χ1) is 10.1. The lowest BCUT2D eigenvalue weighted by atomic mass is 10.3. The van der Waals surface area contributed by atoms with E-state index in [1.54, 1.807) is 30.3 Å².